The van der Waals surface area contributed by atoms with Crippen LogP contribution in [0.4, 0.5) is 15.3 Å². The largest absolute Gasteiger partial charge is 0.351 e. The zero-order chi connectivity index (χ0) is 16.8. The van der Waals surface area contributed by atoms with E-state index >= 15 is 0 Å². The van der Waals surface area contributed by atoms with Crippen molar-refractivity contribution in [3.8, 4) is 0 Å². The van der Waals surface area contributed by atoms with Gasteiger partial charge in [-0.2, -0.15) is 0 Å². The number of carbonyl (C=O) groups excluding carboxylic acids is 2. The second kappa shape index (κ2) is 5.44. The summed E-state index contributed by atoms with van der Waals surface area (Å²) < 4.78 is 0. The van der Waals surface area contributed by atoms with Crippen molar-refractivity contribution in [2.24, 2.45) is 5.73 Å². The summed E-state index contributed by atoms with van der Waals surface area (Å²) >= 11 is 0. The molecule has 23 heavy (non-hydrogen) atoms. The molecule has 0 unspecified atom stereocenters. The van der Waals surface area contributed by atoms with Gasteiger partial charge in [-0.25, -0.2) is 9.59 Å². The Morgan fingerprint density at radius 1 is 1.22 bits per heavy atom. The number of primary amides is 1. The molecule has 4 amide bonds. The number of carbonyl (C=O) groups is 2. The van der Waals surface area contributed by atoms with Gasteiger partial charge in [0.05, 0.1) is 0 Å². The van der Waals surface area contributed by atoms with E-state index in [0.29, 0.717) is 19.6 Å². The third kappa shape index (κ3) is 2.52. The van der Waals surface area contributed by atoms with Gasteiger partial charge in [0.2, 0.25) is 0 Å². The van der Waals surface area contributed by atoms with Crippen molar-refractivity contribution in [2.45, 2.75) is 25.2 Å². The number of rotatable bonds is 0. The van der Waals surface area contributed by atoms with Crippen LogP contribution in [0.3, 0.4) is 0 Å². The first-order valence-corrected chi connectivity index (χ1v) is 7.98. The highest BCUT2D eigenvalue weighted by Crippen LogP contribution is 2.47. The molecule has 0 aromatic heterocycles. The molecule has 0 aliphatic carbocycles. The second-order valence-electron chi connectivity index (χ2n) is 6.89. The van der Waals surface area contributed by atoms with Crippen molar-refractivity contribution >= 4 is 17.7 Å². The summed E-state index contributed by atoms with van der Waals surface area (Å²) in [5.41, 5.74) is 8.76. The summed E-state index contributed by atoms with van der Waals surface area (Å²) in [6, 6.07) is 5.93. The van der Waals surface area contributed by atoms with Crippen LogP contribution in [-0.4, -0.2) is 55.6 Å². The molecule has 0 bridgehead atoms. The highest BCUT2D eigenvalue weighted by Gasteiger charge is 2.47. The van der Waals surface area contributed by atoms with Crippen molar-refractivity contribution in [3.05, 3.63) is 29.3 Å². The summed E-state index contributed by atoms with van der Waals surface area (Å²) in [4.78, 5) is 29.1. The number of aryl methyl sites for hydroxylation is 1. The summed E-state index contributed by atoms with van der Waals surface area (Å²) in [5, 5.41) is 0. The van der Waals surface area contributed by atoms with Crippen LogP contribution < -0.4 is 10.6 Å². The van der Waals surface area contributed by atoms with Crippen molar-refractivity contribution in [2.75, 3.05) is 38.6 Å². The zero-order valence-electron chi connectivity index (χ0n) is 14.0. The number of hydrogen-bond acceptors (Lipinski definition) is 2. The molecular weight excluding hydrogens is 292 g/mol. The summed E-state index contributed by atoms with van der Waals surface area (Å²) in [6.07, 6.45) is 1.67. The first-order chi connectivity index (χ1) is 10.8. The number of nitrogens with zero attached hydrogens (tertiary/aromatic N) is 3. The number of anilines is 1. The van der Waals surface area contributed by atoms with Gasteiger partial charge in [0.15, 0.2) is 0 Å². The van der Waals surface area contributed by atoms with Crippen LogP contribution in [0.1, 0.15) is 24.0 Å². The average Bonchev–Trinajstić information content (AvgIpc) is 2.81. The normalized spacial score (nSPS) is 18.9. The molecule has 3 rings (SSSR count). The molecule has 6 heteroatoms. The van der Waals surface area contributed by atoms with Crippen LogP contribution >= 0.6 is 0 Å². The summed E-state index contributed by atoms with van der Waals surface area (Å²) in [5.74, 6) is 0. The fourth-order valence-corrected chi connectivity index (χ4v) is 3.78. The van der Waals surface area contributed by atoms with Crippen molar-refractivity contribution in [1.82, 2.24) is 9.80 Å². The molecule has 2 aliphatic heterocycles. The Morgan fingerprint density at radius 3 is 2.43 bits per heavy atom. The molecule has 0 saturated carbocycles. The summed E-state index contributed by atoms with van der Waals surface area (Å²) in [7, 11) is 3.55. The maximum absolute atomic E-state index is 12.6. The Kier molecular flexibility index (Phi) is 3.70. The molecule has 0 radical (unpaired) electrons. The first kappa shape index (κ1) is 15.6. The van der Waals surface area contributed by atoms with Gasteiger partial charge in [-0.3, -0.25) is 4.90 Å². The lowest BCUT2D eigenvalue weighted by atomic mass is 9.74. The van der Waals surface area contributed by atoms with Crippen LogP contribution in [0.25, 0.3) is 0 Å². The number of nitrogens with two attached hydrogens (primary N) is 1. The first-order valence-electron chi connectivity index (χ1n) is 7.98. The maximum atomic E-state index is 12.6. The van der Waals surface area contributed by atoms with Gasteiger partial charge in [0.25, 0.3) is 0 Å². The third-order valence-electron chi connectivity index (χ3n) is 5.12. The highest BCUT2D eigenvalue weighted by molar-refractivity contribution is 5.95. The molecule has 1 fully saturated rings. The third-order valence-corrected chi connectivity index (χ3v) is 5.12. The molecule has 0 atom stereocenters. The molecule has 6 nitrogen and oxygen atoms in total. The standard InChI is InChI=1S/C17H24N4O2/c1-12-4-5-14-13(10-12)17(11-21(14)16(23)19(2)3)6-8-20(9-7-17)15(18)22/h4-5,10H,6-9,11H2,1-3H3,(H2,18,22). The zero-order valence-corrected chi connectivity index (χ0v) is 14.0. The molecule has 2 heterocycles. The lowest BCUT2D eigenvalue weighted by Crippen LogP contribution is -2.50. The van der Waals surface area contributed by atoms with Gasteiger partial charge in [-0.15, -0.1) is 0 Å². The molecule has 1 aromatic carbocycles. The Balaban J connectivity index is 1.96. The SMILES string of the molecule is Cc1ccc2c(c1)C1(CCN(C(N)=O)CC1)CN2C(=O)N(C)C. The fraction of sp³-hybridized carbons (Fsp3) is 0.529. The number of urea groups is 2. The van der Waals surface area contributed by atoms with E-state index in [2.05, 4.69) is 13.0 Å². The van der Waals surface area contributed by atoms with Gasteiger partial charge in [-0.1, -0.05) is 17.7 Å². The average molecular weight is 316 g/mol. The molecule has 124 valence electrons. The molecular formula is C17H24N4O2. The van der Waals surface area contributed by atoms with Crippen LogP contribution in [0, 0.1) is 6.92 Å². The minimum Gasteiger partial charge on any atom is -0.351 e. The Hall–Kier alpha value is -2.24. The second-order valence-corrected chi connectivity index (χ2v) is 6.89. The molecule has 2 aliphatic rings. The van der Waals surface area contributed by atoms with Gasteiger partial charge in [0.1, 0.15) is 0 Å². The van der Waals surface area contributed by atoms with Crippen molar-refractivity contribution in [3.63, 3.8) is 0 Å². The highest BCUT2D eigenvalue weighted by atomic mass is 16.2. The van der Waals surface area contributed by atoms with Gasteiger partial charge < -0.3 is 15.5 Å². The smallest absolute Gasteiger partial charge is 0.323 e. The van der Waals surface area contributed by atoms with E-state index < -0.39 is 0 Å². The van der Waals surface area contributed by atoms with Crippen molar-refractivity contribution < 1.29 is 9.59 Å². The Bertz CT molecular complexity index is 648. The number of hydrogen-bond donors (Lipinski definition) is 1. The van der Waals surface area contributed by atoms with Crippen LogP contribution in [0.2, 0.25) is 0 Å². The van der Waals surface area contributed by atoms with E-state index in [-0.39, 0.29) is 17.5 Å². The van der Waals surface area contributed by atoms with E-state index in [4.69, 9.17) is 5.73 Å². The van der Waals surface area contributed by atoms with Crippen LogP contribution in [-0.2, 0) is 5.41 Å². The van der Waals surface area contributed by atoms with Crippen LogP contribution in [0.5, 0.6) is 0 Å². The number of amides is 4. The van der Waals surface area contributed by atoms with Crippen LogP contribution in [0.15, 0.2) is 18.2 Å². The predicted molar refractivity (Wildman–Crippen MR) is 89.7 cm³/mol. The van der Waals surface area contributed by atoms with Gasteiger partial charge in [0, 0.05) is 44.8 Å². The summed E-state index contributed by atoms with van der Waals surface area (Å²) in [6.45, 7) is 4.04. The van der Waals surface area contributed by atoms with E-state index in [1.165, 1.54) is 11.1 Å². The lowest BCUT2D eigenvalue weighted by Gasteiger charge is -2.39. The maximum Gasteiger partial charge on any atom is 0.323 e. The van der Waals surface area contributed by atoms with E-state index in [0.717, 1.165) is 18.5 Å². The minimum absolute atomic E-state index is 0.00399. The number of fused-ring (bicyclic) bond motifs is 2. The number of likely N-dealkylation sites (tertiary alicyclic amines) is 1. The van der Waals surface area contributed by atoms with Gasteiger partial charge in [-0.05, 0) is 31.4 Å². The molecule has 2 N–H and O–H groups in total. The van der Waals surface area contributed by atoms with E-state index in [1.807, 2.05) is 17.0 Å². The number of benzene rings is 1. The minimum atomic E-state index is -0.358. The van der Waals surface area contributed by atoms with Gasteiger partial charge >= 0.3 is 12.1 Å². The van der Waals surface area contributed by atoms with Crippen molar-refractivity contribution in [1.29, 1.82) is 0 Å². The quantitative estimate of drug-likeness (QED) is 0.794. The monoisotopic (exact) mass is 316 g/mol. The molecule has 1 spiro atoms. The fourth-order valence-electron chi connectivity index (χ4n) is 3.78. The molecule has 1 aromatic rings. The Labute approximate surface area is 136 Å². The lowest BCUT2D eigenvalue weighted by molar-refractivity contribution is 0.168. The molecule has 1 saturated heterocycles. The number of piperidine rings is 1. The van der Waals surface area contributed by atoms with E-state index in [1.54, 1.807) is 23.9 Å². The predicted octanol–water partition coefficient (Wildman–Crippen LogP) is 1.91. The topological polar surface area (TPSA) is 69.9 Å². The Morgan fingerprint density at radius 2 is 1.87 bits per heavy atom. The van der Waals surface area contributed by atoms with E-state index in [9.17, 15) is 9.59 Å².